The molecule has 0 atom stereocenters. The summed E-state index contributed by atoms with van der Waals surface area (Å²) in [5, 5.41) is 0. The van der Waals surface area contributed by atoms with Crippen molar-refractivity contribution in [2.75, 3.05) is 13.1 Å². The van der Waals surface area contributed by atoms with Crippen molar-refractivity contribution in [1.29, 1.82) is 0 Å². The fourth-order valence-corrected chi connectivity index (χ4v) is 2.75. The number of rotatable bonds is 3. The average molecular weight is 259 g/mol. The molecule has 0 saturated carbocycles. The highest BCUT2D eigenvalue weighted by atomic mass is 16.1. The molecular formula is C17H25NO. The second-order valence-electron chi connectivity index (χ2n) is 6.13. The topological polar surface area (TPSA) is 20.3 Å². The second-order valence-corrected chi connectivity index (χ2v) is 6.13. The molecule has 0 radical (unpaired) electrons. The first-order valence-corrected chi connectivity index (χ1v) is 7.39. The zero-order valence-electron chi connectivity index (χ0n) is 12.6. The van der Waals surface area contributed by atoms with E-state index in [9.17, 15) is 4.79 Å². The van der Waals surface area contributed by atoms with E-state index in [0.29, 0.717) is 6.04 Å². The molecule has 1 aliphatic rings. The van der Waals surface area contributed by atoms with Gasteiger partial charge >= 0.3 is 0 Å². The minimum absolute atomic E-state index is 0.0796. The molecule has 0 spiro atoms. The van der Waals surface area contributed by atoms with Gasteiger partial charge in [0, 0.05) is 30.6 Å². The van der Waals surface area contributed by atoms with Gasteiger partial charge in [-0.25, -0.2) is 0 Å². The van der Waals surface area contributed by atoms with Gasteiger partial charge in [0.1, 0.15) is 0 Å². The largest absolute Gasteiger partial charge is 0.300 e. The Bertz CT molecular complexity index is 462. The number of nitrogens with zero attached hydrogens (tertiary/aromatic N) is 1. The Morgan fingerprint density at radius 2 is 1.68 bits per heavy atom. The second kappa shape index (κ2) is 5.87. The molecule has 0 aromatic heterocycles. The highest BCUT2D eigenvalue weighted by molar-refractivity contribution is 5.97. The van der Waals surface area contributed by atoms with Gasteiger partial charge in [0.15, 0.2) is 5.78 Å². The molecule has 2 nitrogen and oxygen atoms in total. The molecular weight excluding hydrogens is 234 g/mol. The maximum Gasteiger partial charge on any atom is 0.165 e. The van der Waals surface area contributed by atoms with Crippen LogP contribution in [0.1, 0.15) is 49.2 Å². The Morgan fingerprint density at radius 1 is 1.05 bits per heavy atom. The monoisotopic (exact) mass is 259 g/mol. The molecule has 0 amide bonds. The van der Waals surface area contributed by atoms with E-state index >= 15 is 0 Å². The Kier molecular flexibility index (Phi) is 4.41. The summed E-state index contributed by atoms with van der Waals surface area (Å²) in [5.41, 5.74) is 3.67. The number of carbonyl (C=O) groups is 1. The van der Waals surface area contributed by atoms with Gasteiger partial charge in [0.25, 0.3) is 0 Å². The Morgan fingerprint density at radius 3 is 2.26 bits per heavy atom. The molecule has 2 rings (SSSR count). The summed E-state index contributed by atoms with van der Waals surface area (Å²) < 4.78 is 0. The Labute approximate surface area is 116 Å². The van der Waals surface area contributed by atoms with Crippen LogP contribution in [0.5, 0.6) is 0 Å². The molecule has 0 N–H and O–H groups in total. The summed E-state index contributed by atoms with van der Waals surface area (Å²) in [4.78, 5) is 14.6. The minimum Gasteiger partial charge on any atom is -0.300 e. The maximum absolute atomic E-state index is 12.1. The lowest BCUT2D eigenvalue weighted by atomic mass is 9.95. The lowest BCUT2D eigenvalue weighted by Gasteiger charge is -2.23. The van der Waals surface area contributed by atoms with E-state index < -0.39 is 0 Å². The number of benzene rings is 1. The molecule has 0 saturated heterocycles. The molecule has 19 heavy (non-hydrogen) atoms. The van der Waals surface area contributed by atoms with Crippen LogP contribution in [0.25, 0.3) is 0 Å². The summed E-state index contributed by atoms with van der Waals surface area (Å²) in [7, 11) is 0. The fourth-order valence-electron chi connectivity index (χ4n) is 2.75. The van der Waals surface area contributed by atoms with Gasteiger partial charge in [-0.1, -0.05) is 26.0 Å². The van der Waals surface area contributed by atoms with Gasteiger partial charge in [-0.05, 0) is 43.9 Å². The fraction of sp³-hybridized carbons (Fsp3) is 0.588. The van der Waals surface area contributed by atoms with Crippen LogP contribution in [0.2, 0.25) is 0 Å². The summed E-state index contributed by atoms with van der Waals surface area (Å²) in [6, 6.07) is 6.90. The van der Waals surface area contributed by atoms with Crippen molar-refractivity contribution in [3.8, 4) is 0 Å². The van der Waals surface area contributed by atoms with Crippen molar-refractivity contribution in [1.82, 2.24) is 4.90 Å². The van der Waals surface area contributed by atoms with Crippen LogP contribution in [-0.2, 0) is 12.8 Å². The van der Waals surface area contributed by atoms with Crippen molar-refractivity contribution in [3.63, 3.8) is 0 Å². The minimum atomic E-state index is 0.0796. The molecule has 1 aromatic carbocycles. The molecule has 0 aliphatic carbocycles. The lowest BCUT2D eigenvalue weighted by molar-refractivity contribution is 0.0939. The average Bonchev–Trinajstić information content (AvgIpc) is 2.59. The van der Waals surface area contributed by atoms with Gasteiger partial charge < -0.3 is 4.90 Å². The van der Waals surface area contributed by atoms with Crippen LogP contribution in [-0.4, -0.2) is 29.8 Å². The van der Waals surface area contributed by atoms with Crippen molar-refractivity contribution >= 4 is 5.78 Å². The van der Waals surface area contributed by atoms with Crippen molar-refractivity contribution in [3.05, 3.63) is 34.9 Å². The van der Waals surface area contributed by atoms with E-state index in [4.69, 9.17) is 0 Å². The van der Waals surface area contributed by atoms with Gasteiger partial charge in [0.05, 0.1) is 0 Å². The first kappa shape index (κ1) is 14.3. The Balaban J connectivity index is 2.21. The predicted octanol–water partition coefficient (Wildman–Crippen LogP) is 3.33. The van der Waals surface area contributed by atoms with E-state index in [1.807, 2.05) is 19.9 Å². The Hall–Kier alpha value is -1.15. The quantitative estimate of drug-likeness (QED) is 0.776. The van der Waals surface area contributed by atoms with E-state index in [2.05, 4.69) is 30.9 Å². The molecule has 104 valence electrons. The van der Waals surface area contributed by atoms with E-state index in [1.54, 1.807) is 0 Å². The number of hydrogen-bond acceptors (Lipinski definition) is 2. The van der Waals surface area contributed by atoms with Crippen LogP contribution in [0, 0.1) is 5.92 Å². The highest BCUT2D eigenvalue weighted by Crippen LogP contribution is 2.20. The van der Waals surface area contributed by atoms with Gasteiger partial charge in [-0.2, -0.15) is 0 Å². The van der Waals surface area contributed by atoms with Crippen LogP contribution in [0.3, 0.4) is 0 Å². The first-order chi connectivity index (χ1) is 8.99. The number of fused-ring (bicyclic) bond motifs is 1. The molecule has 1 aromatic rings. The third kappa shape index (κ3) is 3.24. The molecule has 1 heterocycles. The molecule has 1 aliphatic heterocycles. The summed E-state index contributed by atoms with van der Waals surface area (Å²) in [5.74, 6) is 0.337. The zero-order chi connectivity index (χ0) is 14.0. The highest BCUT2D eigenvalue weighted by Gasteiger charge is 2.18. The third-order valence-corrected chi connectivity index (χ3v) is 4.08. The van der Waals surface area contributed by atoms with Gasteiger partial charge in [-0.3, -0.25) is 4.79 Å². The molecule has 0 fully saturated rings. The number of carbonyl (C=O) groups excluding carboxylic acids is 1. The number of hydrogen-bond donors (Lipinski definition) is 0. The first-order valence-electron chi connectivity index (χ1n) is 7.39. The van der Waals surface area contributed by atoms with Crippen molar-refractivity contribution in [2.24, 2.45) is 5.92 Å². The van der Waals surface area contributed by atoms with Crippen LogP contribution < -0.4 is 0 Å². The number of ketones is 1. The standard InChI is InChI=1S/C17H25NO/c1-12(2)17(19)16-6-5-14-7-9-18(13(3)4)10-8-15(14)11-16/h5-6,11-13H,7-10H2,1-4H3. The smallest absolute Gasteiger partial charge is 0.165 e. The summed E-state index contributed by atoms with van der Waals surface area (Å²) in [6.45, 7) is 10.7. The lowest BCUT2D eigenvalue weighted by Crippen LogP contribution is -2.32. The van der Waals surface area contributed by atoms with Crippen LogP contribution in [0.4, 0.5) is 0 Å². The number of Topliss-reactive ketones (excluding diaryl/α,β-unsaturated/α-hetero) is 1. The van der Waals surface area contributed by atoms with E-state index in [-0.39, 0.29) is 11.7 Å². The SMILES string of the molecule is CC(C)C(=O)c1ccc2c(c1)CCN(C(C)C)CC2. The van der Waals surface area contributed by atoms with Gasteiger partial charge in [-0.15, -0.1) is 0 Å². The van der Waals surface area contributed by atoms with Crippen molar-refractivity contribution < 1.29 is 4.79 Å². The summed E-state index contributed by atoms with van der Waals surface area (Å²) >= 11 is 0. The van der Waals surface area contributed by atoms with Gasteiger partial charge in [0.2, 0.25) is 0 Å². The summed E-state index contributed by atoms with van der Waals surface area (Å²) in [6.07, 6.45) is 2.16. The predicted molar refractivity (Wildman–Crippen MR) is 79.7 cm³/mol. The van der Waals surface area contributed by atoms with E-state index in [0.717, 1.165) is 31.5 Å². The molecule has 2 heteroatoms. The normalized spacial score (nSPS) is 16.5. The van der Waals surface area contributed by atoms with E-state index in [1.165, 1.54) is 11.1 Å². The molecule has 0 unspecified atom stereocenters. The molecule has 0 bridgehead atoms. The maximum atomic E-state index is 12.1. The zero-order valence-corrected chi connectivity index (χ0v) is 12.6. The van der Waals surface area contributed by atoms with Crippen LogP contribution >= 0.6 is 0 Å². The third-order valence-electron chi connectivity index (χ3n) is 4.08. The van der Waals surface area contributed by atoms with Crippen molar-refractivity contribution in [2.45, 2.75) is 46.6 Å². The van der Waals surface area contributed by atoms with Crippen LogP contribution in [0.15, 0.2) is 18.2 Å².